The molecular formula is C20H26Cl2N2O3. The highest BCUT2D eigenvalue weighted by Crippen LogP contribution is 2.29. The van der Waals surface area contributed by atoms with Crippen molar-refractivity contribution in [3.05, 3.63) is 58.6 Å². The summed E-state index contributed by atoms with van der Waals surface area (Å²) < 4.78 is 11.3. The molecule has 0 amide bonds. The van der Waals surface area contributed by atoms with Crippen molar-refractivity contribution in [2.75, 3.05) is 26.7 Å². The minimum Gasteiger partial charge on any atom is -0.493 e. The Morgan fingerprint density at radius 2 is 1.85 bits per heavy atom. The van der Waals surface area contributed by atoms with Crippen molar-refractivity contribution in [2.45, 2.75) is 19.3 Å². The Kier molecular flexibility index (Phi) is 8.67. The van der Waals surface area contributed by atoms with Crippen molar-refractivity contribution in [3.63, 3.8) is 0 Å². The van der Waals surface area contributed by atoms with E-state index in [1.54, 1.807) is 7.11 Å². The van der Waals surface area contributed by atoms with Crippen LogP contribution >= 0.6 is 24.0 Å². The maximum Gasteiger partial charge on any atom is 0.161 e. The largest absolute Gasteiger partial charge is 0.493 e. The number of aliphatic hydroxyl groups excluding tert-OH is 1. The molecule has 0 radical (unpaired) electrons. The van der Waals surface area contributed by atoms with Gasteiger partial charge in [-0.3, -0.25) is 0 Å². The third kappa shape index (κ3) is 6.26. The molecule has 1 fully saturated rings. The van der Waals surface area contributed by atoms with Gasteiger partial charge in [0.15, 0.2) is 11.5 Å². The fourth-order valence-electron chi connectivity index (χ4n) is 3.01. The van der Waals surface area contributed by atoms with Crippen LogP contribution in [0.2, 0.25) is 5.02 Å². The maximum absolute atomic E-state index is 9.83. The molecule has 0 aromatic heterocycles. The van der Waals surface area contributed by atoms with E-state index in [-0.39, 0.29) is 24.4 Å². The highest BCUT2D eigenvalue weighted by molar-refractivity contribution is 6.30. The standard InChI is InChI=1S/C20H25ClN2O3.ClH/c1-25-20-8-15(9-22-10-16-11-23-12-18(16)24)4-7-19(20)26-13-14-2-5-17(21)6-3-14;/h2-8,16,18,22-24H,9-13H2,1H3;1H. The fraction of sp³-hybridized carbons (Fsp3) is 0.400. The van der Waals surface area contributed by atoms with E-state index in [2.05, 4.69) is 10.6 Å². The lowest BCUT2D eigenvalue weighted by Crippen LogP contribution is -2.30. The number of ether oxygens (including phenoxy) is 2. The van der Waals surface area contributed by atoms with Crippen LogP contribution in [0.1, 0.15) is 11.1 Å². The predicted octanol–water partition coefficient (Wildman–Crippen LogP) is 3.02. The topological polar surface area (TPSA) is 62.8 Å². The Hall–Kier alpha value is -1.50. The number of β-amino-alcohol motifs (C(OH)–C–C–N with tert-alkyl or cyclic N) is 1. The van der Waals surface area contributed by atoms with Gasteiger partial charge >= 0.3 is 0 Å². The summed E-state index contributed by atoms with van der Waals surface area (Å²) in [6.07, 6.45) is -0.263. The summed E-state index contributed by atoms with van der Waals surface area (Å²) in [6, 6.07) is 13.5. The number of benzene rings is 2. The minimum absolute atomic E-state index is 0. The van der Waals surface area contributed by atoms with Gasteiger partial charge in [-0.1, -0.05) is 29.8 Å². The summed E-state index contributed by atoms with van der Waals surface area (Å²) >= 11 is 5.90. The van der Waals surface area contributed by atoms with Crippen LogP contribution in [0.4, 0.5) is 0 Å². The lowest BCUT2D eigenvalue weighted by molar-refractivity contribution is 0.146. The molecule has 2 aromatic carbocycles. The summed E-state index contributed by atoms with van der Waals surface area (Å²) in [5.41, 5.74) is 2.16. The Labute approximate surface area is 171 Å². The van der Waals surface area contributed by atoms with Crippen LogP contribution in [-0.2, 0) is 13.2 Å². The number of hydrogen-bond acceptors (Lipinski definition) is 5. The Morgan fingerprint density at radius 3 is 2.52 bits per heavy atom. The van der Waals surface area contributed by atoms with E-state index in [0.29, 0.717) is 29.7 Å². The molecule has 148 valence electrons. The summed E-state index contributed by atoms with van der Waals surface area (Å²) in [4.78, 5) is 0. The van der Waals surface area contributed by atoms with Crippen molar-refractivity contribution >= 4 is 24.0 Å². The summed E-state index contributed by atoms with van der Waals surface area (Å²) in [5, 5.41) is 17.1. The van der Waals surface area contributed by atoms with Gasteiger partial charge in [-0.2, -0.15) is 0 Å². The Bertz CT molecular complexity index is 713. The van der Waals surface area contributed by atoms with Crippen LogP contribution in [0.3, 0.4) is 0 Å². The summed E-state index contributed by atoms with van der Waals surface area (Å²) in [6.45, 7) is 3.49. The van der Waals surface area contributed by atoms with Gasteiger partial charge in [-0.25, -0.2) is 0 Å². The van der Waals surface area contributed by atoms with Gasteiger partial charge in [-0.15, -0.1) is 12.4 Å². The highest BCUT2D eigenvalue weighted by Gasteiger charge is 2.24. The van der Waals surface area contributed by atoms with Crippen molar-refractivity contribution in [1.29, 1.82) is 0 Å². The molecule has 0 aliphatic carbocycles. The van der Waals surface area contributed by atoms with Crippen molar-refractivity contribution in [1.82, 2.24) is 10.6 Å². The van der Waals surface area contributed by atoms with Crippen LogP contribution in [0.15, 0.2) is 42.5 Å². The van der Waals surface area contributed by atoms with Gasteiger partial charge in [0, 0.05) is 37.1 Å². The van der Waals surface area contributed by atoms with E-state index in [1.807, 2.05) is 42.5 Å². The molecular weight excluding hydrogens is 387 g/mol. The first-order valence-electron chi connectivity index (χ1n) is 8.79. The average Bonchev–Trinajstić information content (AvgIpc) is 3.06. The number of nitrogens with one attached hydrogen (secondary N) is 2. The Morgan fingerprint density at radius 1 is 1.11 bits per heavy atom. The van der Waals surface area contributed by atoms with Gasteiger partial charge in [0.25, 0.3) is 0 Å². The third-order valence-electron chi connectivity index (χ3n) is 4.58. The van der Waals surface area contributed by atoms with E-state index in [1.165, 1.54) is 0 Å². The average molecular weight is 413 g/mol. The molecule has 2 unspecified atom stereocenters. The second-order valence-corrected chi connectivity index (χ2v) is 6.95. The smallest absolute Gasteiger partial charge is 0.161 e. The molecule has 1 aliphatic heterocycles. The monoisotopic (exact) mass is 412 g/mol. The lowest BCUT2D eigenvalue weighted by atomic mass is 10.1. The molecule has 5 nitrogen and oxygen atoms in total. The van der Waals surface area contributed by atoms with Gasteiger partial charge in [0.05, 0.1) is 13.2 Å². The molecule has 3 N–H and O–H groups in total. The van der Waals surface area contributed by atoms with E-state index < -0.39 is 0 Å². The third-order valence-corrected chi connectivity index (χ3v) is 4.83. The number of aliphatic hydroxyl groups is 1. The number of rotatable bonds is 8. The quantitative estimate of drug-likeness (QED) is 0.621. The molecule has 0 bridgehead atoms. The van der Waals surface area contributed by atoms with Crippen molar-refractivity contribution in [3.8, 4) is 11.5 Å². The predicted molar refractivity (Wildman–Crippen MR) is 110 cm³/mol. The molecule has 1 saturated heterocycles. The SMILES string of the molecule is COc1cc(CNCC2CNCC2O)ccc1OCc1ccc(Cl)cc1.Cl. The molecule has 2 atom stereocenters. The van der Waals surface area contributed by atoms with Crippen LogP contribution < -0.4 is 20.1 Å². The number of methoxy groups -OCH3 is 1. The van der Waals surface area contributed by atoms with Gasteiger partial charge < -0.3 is 25.2 Å². The fourth-order valence-corrected chi connectivity index (χ4v) is 3.14. The van der Waals surface area contributed by atoms with E-state index in [0.717, 1.165) is 30.8 Å². The number of hydrogen-bond donors (Lipinski definition) is 3. The highest BCUT2D eigenvalue weighted by atomic mass is 35.5. The molecule has 0 spiro atoms. The first-order chi connectivity index (χ1) is 12.7. The van der Waals surface area contributed by atoms with E-state index in [4.69, 9.17) is 21.1 Å². The van der Waals surface area contributed by atoms with E-state index >= 15 is 0 Å². The summed E-state index contributed by atoms with van der Waals surface area (Å²) in [5.74, 6) is 1.68. The molecule has 1 heterocycles. The zero-order chi connectivity index (χ0) is 18.4. The normalized spacial score (nSPS) is 18.8. The van der Waals surface area contributed by atoms with Crippen LogP contribution in [0.25, 0.3) is 0 Å². The van der Waals surface area contributed by atoms with Crippen LogP contribution in [0.5, 0.6) is 11.5 Å². The van der Waals surface area contributed by atoms with Gasteiger partial charge in [-0.05, 0) is 35.4 Å². The molecule has 7 heteroatoms. The number of halogens is 2. The molecule has 27 heavy (non-hydrogen) atoms. The van der Waals surface area contributed by atoms with E-state index in [9.17, 15) is 5.11 Å². The first-order valence-corrected chi connectivity index (χ1v) is 9.17. The first kappa shape index (κ1) is 21.8. The maximum atomic E-state index is 9.83. The Balaban J connectivity index is 0.00000261. The zero-order valence-corrected chi connectivity index (χ0v) is 16.9. The molecule has 0 saturated carbocycles. The second-order valence-electron chi connectivity index (χ2n) is 6.52. The van der Waals surface area contributed by atoms with Gasteiger partial charge in [0.1, 0.15) is 6.61 Å². The van der Waals surface area contributed by atoms with Crippen LogP contribution in [0, 0.1) is 5.92 Å². The van der Waals surface area contributed by atoms with Gasteiger partial charge in [0.2, 0.25) is 0 Å². The van der Waals surface area contributed by atoms with Crippen molar-refractivity contribution < 1.29 is 14.6 Å². The van der Waals surface area contributed by atoms with Crippen LogP contribution in [-0.4, -0.2) is 38.0 Å². The second kappa shape index (κ2) is 10.7. The molecule has 2 aromatic rings. The molecule has 1 aliphatic rings. The summed E-state index contributed by atoms with van der Waals surface area (Å²) in [7, 11) is 1.64. The minimum atomic E-state index is -0.263. The lowest BCUT2D eigenvalue weighted by Gasteiger charge is -2.15. The molecule has 3 rings (SSSR count). The zero-order valence-electron chi connectivity index (χ0n) is 15.3. The van der Waals surface area contributed by atoms with Crippen molar-refractivity contribution in [2.24, 2.45) is 5.92 Å².